The number of carboxylic acids is 1. The first-order valence-electron chi connectivity index (χ1n) is 6.32. The SMILES string of the molecule is CCN(CC(=O)OC)C(=O)NCCn1cnc(C(=O)O)c1. The van der Waals surface area contributed by atoms with E-state index in [1.165, 1.54) is 24.5 Å². The van der Waals surface area contributed by atoms with E-state index >= 15 is 0 Å². The van der Waals surface area contributed by atoms with Crippen LogP contribution in [-0.2, 0) is 16.1 Å². The number of urea groups is 1. The Kier molecular flexibility index (Phi) is 6.18. The molecule has 0 spiro atoms. The summed E-state index contributed by atoms with van der Waals surface area (Å²) in [4.78, 5) is 38.6. The van der Waals surface area contributed by atoms with Gasteiger partial charge in [-0.3, -0.25) is 4.79 Å². The van der Waals surface area contributed by atoms with Crippen LogP contribution in [0.5, 0.6) is 0 Å². The molecule has 1 heterocycles. The first-order chi connectivity index (χ1) is 9.97. The maximum absolute atomic E-state index is 11.8. The Labute approximate surface area is 121 Å². The van der Waals surface area contributed by atoms with E-state index in [2.05, 4.69) is 15.0 Å². The predicted octanol–water partition coefficient (Wildman–Crippen LogP) is -0.214. The van der Waals surface area contributed by atoms with Gasteiger partial charge in [-0.2, -0.15) is 0 Å². The summed E-state index contributed by atoms with van der Waals surface area (Å²) in [5, 5.41) is 11.4. The highest BCUT2D eigenvalue weighted by molar-refractivity contribution is 5.84. The van der Waals surface area contributed by atoms with Crippen LogP contribution in [0.15, 0.2) is 12.5 Å². The number of carbonyl (C=O) groups excluding carboxylic acids is 2. The Balaban J connectivity index is 2.40. The molecular formula is C12H18N4O5. The zero-order chi connectivity index (χ0) is 15.8. The van der Waals surface area contributed by atoms with Crippen LogP contribution in [-0.4, -0.2) is 64.3 Å². The van der Waals surface area contributed by atoms with Gasteiger partial charge in [-0.05, 0) is 6.92 Å². The number of carbonyl (C=O) groups is 3. The fraction of sp³-hybridized carbons (Fsp3) is 0.500. The molecule has 116 valence electrons. The van der Waals surface area contributed by atoms with Crippen molar-refractivity contribution in [1.82, 2.24) is 19.8 Å². The normalized spacial score (nSPS) is 10.0. The first-order valence-corrected chi connectivity index (χ1v) is 6.32. The van der Waals surface area contributed by atoms with Gasteiger partial charge in [-0.25, -0.2) is 14.6 Å². The van der Waals surface area contributed by atoms with E-state index in [0.29, 0.717) is 13.1 Å². The Hall–Kier alpha value is -2.58. The molecule has 0 radical (unpaired) electrons. The number of hydrogen-bond donors (Lipinski definition) is 2. The maximum Gasteiger partial charge on any atom is 0.356 e. The van der Waals surface area contributed by atoms with Crippen molar-refractivity contribution in [3.8, 4) is 0 Å². The number of aromatic carboxylic acids is 1. The number of likely N-dealkylation sites (N-methyl/N-ethyl adjacent to an activating group) is 1. The predicted molar refractivity (Wildman–Crippen MR) is 71.8 cm³/mol. The molecule has 1 aromatic heterocycles. The Bertz CT molecular complexity index is 514. The Morgan fingerprint density at radius 2 is 2.19 bits per heavy atom. The lowest BCUT2D eigenvalue weighted by atomic mass is 10.5. The fourth-order valence-electron chi connectivity index (χ4n) is 1.54. The number of ether oxygens (including phenoxy) is 1. The van der Waals surface area contributed by atoms with Crippen molar-refractivity contribution in [1.29, 1.82) is 0 Å². The lowest BCUT2D eigenvalue weighted by molar-refractivity contribution is -0.141. The number of imidazole rings is 1. The third-order valence-corrected chi connectivity index (χ3v) is 2.72. The summed E-state index contributed by atoms with van der Waals surface area (Å²) in [6.07, 6.45) is 2.75. The largest absolute Gasteiger partial charge is 0.476 e. The Morgan fingerprint density at radius 3 is 2.71 bits per heavy atom. The van der Waals surface area contributed by atoms with Crippen LogP contribution in [0.1, 0.15) is 17.4 Å². The third-order valence-electron chi connectivity index (χ3n) is 2.72. The molecule has 9 heteroatoms. The summed E-state index contributed by atoms with van der Waals surface area (Å²) >= 11 is 0. The molecule has 2 amide bonds. The van der Waals surface area contributed by atoms with Crippen LogP contribution >= 0.6 is 0 Å². The summed E-state index contributed by atoms with van der Waals surface area (Å²) in [6.45, 7) is 2.66. The maximum atomic E-state index is 11.8. The second-order valence-corrected chi connectivity index (χ2v) is 4.12. The van der Waals surface area contributed by atoms with Gasteiger partial charge < -0.3 is 24.6 Å². The van der Waals surface area contributed by atoms with E-state index in [0.717, 1.165) is 0 Å². The van der Waals surface area contributed by atoms with Gasteiger partial charge >= 0.3 is 18.0 Å². The molecule has 0 bridgehead atoms. The number of rotatable bonds is 7. The molecule has 21 heavy (non-hydrogen) atoms. The van der Waals surface area contributed by atoms with Crippen molar-refractivity contribution in [3.05, 3.63) is 18.2 Å². The summed E-state index contributed by atoms with van der Waals surface area (Å²) in [5.41, 5.74) is -0.0535. The number of amides is 2. The average molecular weight is 298 g/mol. The minimum Gasteiger partial charge on any atom is -0.476 e. The minimum absolute atomic E-state index is 0.0535. The zero-order valence-corrected chi connectivity index (χ0v) is 11.9. The fourth-order valence-corrected chi connectivity index (χ4v) is 1.54. The molecule has 0 aliphatic heterocycles. The molecule has 0 atom stereocenters. The molecule has 0 aromatic carbocycles. The van der Waals surface area contributed by atoms with E-state index in [4.69, 9.17) is 5.11 Å². The van der Waals surface area contributed by atoms with Gasteiger partial charge in [-0.1, -0.05) is 0 Å². The number of nitrogens with zero attached hydrogens (tertiary/aromatic N) is 3. The molecule has 2 N–H and O–H groups in total. The Morgan fingerprint density at radius 1 is 1.48 bits per heavy atom. The van der Waals surface area contributed by atoms with Crippen molar-refractivity contribution < 1.29 is 24.2 Å². The van der Waals surface area contributed by atoms with Gasteiger partial charge in [0.2, 0.25) is 0 Å². The molecule has 0 fully saturated rings. The number of methoxy groups -OCH3 is 1. The molecule has 0 saturated carbocycles. The lowest BCUT2D eigenvalue weighted by Gasteiger charge is -2.19. The molecule has 1 rings (SSSR count). The van der Waals surface area contributed by atoms with Crippen molar-refractivity contribution >= 4 is 18.0 Å². The molecule has 0 saturated heterocycles. The van der Waals surface area contributed by atoms with Crippen molar-refractivity contribution in [2.24, 2.45) is 0 Å². The standard InChI is InChI=1S/C12H18N4O5/c1-3-16(7-10(17)21-2)12(20)13-4-5-15-6-9(11(18)19)14-8-15/h6,8H,3-5,7H2,1-2H3,(H,13,20)(H,18,19). The number of nitrogens with one attached hydrogen (secondary N) is 1. The highest BCUT2D eigenvalue weighted by atomic mass is 16.5. The molecule has 1 aromatic rings. The smallest absolute Gasteiger partial charge is 0.356 e. The average Bonchev–Trinajstić information content (AvgIpc) is 2.93. The van der Waals surface area contributed by atoms with Crippen LogP contribution in [0.4, 0.5) is 4.79 Å². The monoisotopic (exact) mass is 298 g/mol. The zero-order valence-electron chi connectivity index (χ0n) is 11.9. The van der Waals surface area contributed by atoms with E-state index < -0.39 is 11.9 Å². The second kappa shape index (κ2) is 7.88. The molecule has 0 unspecified atom stereocenters. The van der Waals surface area contributed by atoms with Crippen molar-refractivity contribution in [2.45, 2.75) is 13.5 Å². The van der Waals surface area contributed by atoms with Crippen LogP contribution in [0.2, 0.25) is 0 Å². The third kappa shape index (κ3) is 5.13. The van der Waals surface area contributed by atoms with Gasteiger partial charge in [0.25, 0.3) is 0 Å². The first kappa shape index (κ1) is 16.5. The quantitative estimate of drug-likeness (QED) is 0.673. The number of aromatic nitrogens is 2. The summed E-state index contributed by atoms with van der Waals surface area (Å²) in [6, 6.07) is -0.388. The second-order valence-electron chi connectivity index (χ2n) is 4.12. The van der Waals surface area contributed by atoms with E-state index in [1.54, 1.807) is 11.5 Å². The summed E-state index contributed by atoms with van der Waals surface area (Å²) in [5.74, 6) is -1.60. The van der Waals surface area contributed by atoms with E-state index in [-0.39, 0.29) is 24.8 Å². The highest BCUT2D eigenvalue weighted by Gasteiger charge is 2.15. The molecule has 0 aliphatic rings. The highest BCUT2D eigenvalue weighted by Crippen LogP contribution is 1.96. The minimum atomic E-state index is -1.10. The topological polar surface area (TPSA) is 114 Å². The number of esters is 1. The van der Waals surface area contributed by atoms with Gasteiger partial charge in [0.1, 0.15) is 6.54 Å². The van der Waals surface area contributed by atoms with Crippen LogP contribution < -0.4 is 5.32 Å². The summed E-state index contributed by atoms with van der Waals surface area (Å²) in [7, 11) is 1.26. The van der Waals surface area contributed by atoms with Gasteiger partial charge in [0.15, 0.2) is 5.69 Å². The number of carboxylic acid groups (broad SMARTS) is 1. The van der Waals surface area contributed by atoms with E-state index in [1.807, 2.05) is 0 Å². The van der Waals surface area contributed by atoms with Crippen molar-refractivity contribution in [2.75, 3.05) is 26.7 Å². The van der Waals surface area contributed by atoms with Gasteiger partial charge in [-0.15, -0.1) is 0 Å². The lowest BCUT2D eigenvalue weighted by Crippen LogP contribution is -2.43. The summed E-state index contributed by atoms with van der Waals surface area (Å²) < 4.78 is 6.06. The van der Waals surface area contributed by atoms with E-state index in [9.17, 15) is 14.4 Å². The van der Waals surface area contributed by atoms with Crippen LogP contribution in [0.3, 0.4) is 0 Å². The van der Waals surface area contributed by atoms with Gasteiger partial charge in [0.05, 0.1) is 13.4 Å². The van der Waals surface area contributed by atoms with Crippen LogP contribution in [0.25, 0.3) is 0 Å². The molecule has 0 aliphatic carbocycles. The van der Waals surface area contributed by atoms with Crippen LogP contribution in [0, 0.1) is 0 Å². The molecule has 9 nitrogen and oxygen atoms in total. The van der Waals surface area contributed by atoms with Gasteiger partial charge in [0, 0.05) is 25.8 Å². The van der Waals surface area contributed by atoms with Crippen molar-refractivity contribution in [3.63, 3.8) is 0 Å². The number of hydrogen-bond acceptors (Lipinski definition) is 5. The molecular weight excluding hydrogens is 280 g/mol.